The highest BCUT2D eigenvalue weighted by atomic mass is 16.3. The molecule has 0 aliphatic heterocycles. The van der Waals surface area contributed by atoms with Gasteiger partial charge in [0.05, 0.1) is 25.4 Å². The molecule has 0 radical (unpaired) electrons. The summed E-state index contributed by atoms with van der Waals surface area (Å²) in [5.41, 5.74) is 1.25. The first-order valence-corrected chi connectivity index (χ1v) is 7.42. The van der Waals surface area contributed by atoms with Crippen LogP contribution >= 0.6 is 0 Å². The van der Waals surface area contributed by atoms with Crippen LogP contribution in [0.1, 0.15) is 18.9 Å². The van der Waals surface area contributed by atoms with Crippen LogP contribution in [0.25, 0.3) is 0 Å². The number of benzene rings is 1. The monoisotopic (exact) mass is 297 g/mol. The molecule has 21 heavy (non-hydrogen) atoms. The van der Waals surface area contributed by atoms with Gasteiger partial charge in [-0.25, -0.2) is 0 Å². The minimum atomic E-state index is -0.838. The van der Waals surface area contributed by atoms with Gasteiger partial charge in [-0.05, 0) is 25.3 Å². The van der Waals surface area contributed by atoms with Crippen LogP contribution in [0.2, 0.25) is 0 Å². The first-order chi connectivity index (χ1) is 10.1. The molecule has 1 aromatic carbocycles. The van der Waals surface area contributed by atoms with Crippen LogP contribution in [-0.4, -0.2) is 69.9 Å². The standard InChI is InChI=1S/C16H27NO4/c1-13(7-8-14-5-3-2-4-6-14)17(9-15(20)11-18)10-16(21)12-19/h2-6,13,15-16,18-21H,7-12H2,1H3/t13-,15+,16+/m1/s1. The highest BCUT2D eigenvalue weighted by Crippen LogP contribution is 2.11. The molecule has 1 aromatic rings. The van der Waals surface area contributed by atoms with Crippen LogP contribution < -0.4 is 0 Å². The molecule has 0 unspecified atom stereocenters. The van der Waals surface area contributed by atoms with Crippen LogP contribution in [0.4, 0.5) is 0 Å². The molecule has 3 atom stereocenters. The first kappa shape index (κ1) is 18.1. The van der Waals surface area contributed by atoms with Gasteiger partial charge in [0.1, 0.15) is 0 Å². The highest BCUT2D eigenvalue weighted by Gasteiger charge is 2.20. The zero-order valence-corrected chi connectivity index (χ0v) is 12.6. The van der Waals surface area contributed by atoms with Gasteiger partial charge in [0, 0.05) is 19.1 Å². The molecule has 1 rings (SSSR count). The van der Waals surface area contributed by atoms with E-state index >= 15 is 0 Å². The molecule has 120 valence electrons. The Morgan fingerprint density at radius 2 is 1.48 bits per heavy atom. The summed E-state index contributed by atoms with van der Waals surface area (Å²) >= 11 is 0. The van der Waals surface area contributed by atoms with E-state index in [1.165, 1.54) is 5.56 Å². The van der Waals surface area contributed by atoms with Crippen molar-refractivity contribution in [2.75, 3.05) is 26.3 Å². The van der Waals surface area contributed by atoms with E-state index in [-0.39, 0.29) is 32.3 Å². The molecule has 5 heteroatoms. The lowest BCUT2D eigenvalue weighted by Gasteiger charge is -2.32. The molecule has 0 saturated carbocycles. The largest absolute Gasteiger partial charge is 0.394 e. The third-order valence-corrected chi connectivity index (χ3v) is 3.63. The normalized spacial score (nSPS) is 15.9. The van der Waals surface area contributed by atoms with Crippen molar-refractivity contribution < 1.29 is 20.4 Å². The van der Waals surface area contributed by atoms with E-state index in [2.05, 4.69) is 12.1 Å². The summed E-state index contributed by atoms with van der Waals surface area (Å²) in [6, 6.07) is 10.3. The maximum Gasteiger partial charge on any atom is 0.0897 e. The molecule has 5 nitrogen and oxygen atoms in total. The quantitative estimate of drug-likeness (QED) is 0.489. The van der Waals surface area contributed by atoms with Gasteiger partial charge in [0.2, 0.25) is 0 Å². The molecular weight excluding hydrogens is 270 g/mol. The Labute approximate surface area is 126 Å². The van der Waals surface area contributed by atoms with Gasteiger partial charge in [-0.3, -0.25) is 4.90 Å². The lowest BCUT2D eigenvalue weighted by atomic mass is 10.0. The van der Waals surface area contributed by atoms with E-state index in [4.69, 9.17) is 10.2 Å². The fraction of sp³-hybridized carbons (Fsp3) is 0.625. The number of hydrogen-bond donors (Lipinski definition) is 4. The Morgan fingerprint density at radius 3 is 1.95 bits per heavy atom. The zero-order chi connectivity index (χ0) is 15.7. The topological polar surface area (TPSA) is 84.2 Å². The van der Waals surface area contributed by atoms with Crippen molar-refractivity contribution in [1.29, 1.82) is 0 Å². The minimum Gasteiger partial charge on any atom is -0.394 e. The summed E-state index contributed by atoms with van der Waals surface area (Å²) in [4.78, 5) is 1.91. The second-order valence-electron chi connectivity index (χ2n) is 5.50. The fourth-order valence-corrected chi connectivity index (χ4v) is 2.29. The highest BCUT2D eigenvalue weighted by molar-refractivity contribution is 5.14. The molecule has 0 aromatic heterocycles. The maximum atomic E-state index is 9.61. The van der Waals surface area contributed by atoms with Gasteiger partial charge in [-0.15, -0.1) is 0 Å². The maximum absolute atomic E-state index is 9.61. The molecule has 0 fully saturated rings. The number of rotatable bonds is 10. The van der Waals surface area contributed by atoms with Crippen molar-refractivity contribution in [3.05, 3.63) is 35.9 Å². The van der Waals surface area contributed by atoms with Gasteiger partial charge < -0.3 is 20.4 Å². The van der Waals surface area contributed by atoms with Crippen LogP contribution in [0.15, 0.2) is 30.3 Å². The van der Waals surface area contributed by atoms with Crippen LogP contribution in [0.3, 0.4) is 0 Å². The Hall–Kier alpha value is -0.980. The summed E-state index contributed by atoms with van der Waals surface area (Å²) < 4.78 is 0. The average Bonchev–Trinajstić information content (AvgIpc) is 2.52. The van der Waals surface area contributed by atoms with E-state index < -0.39 is 12.2 Å². The second kappa shape index (κ2) is 9.87. The Balaban J connectivity index is 2.54. The predicted molar refractivity (Wildman–Crippen MR) is 82.0 cm³/mol. The molecule has 0 amide bonds. The van der Waals surface area contributed by atoms with E-state index in [0.29, 0.717) is 0 Å². The van der Waals surface area contributed by atoms with Crippen molar-refractivity contribution >= 4 is 0 Å². The Kier molecular flexibility index (Phi) is 8.49. The van der Waals surface area contributed by atoms with Gasteiger partial charge in [-0.2, -0.15) is 0 Å². The van der Waals surface area contributed by atoms with Crippen LogP contribution in [-0.2, 0) is 6.42 Å². The van der Waals surface area contributed by atoms with Crippen LogP contribution in [0.5, 0.6) is 0 Å². The van der Waals surface area contributed by atoms with E-state index in [0.717, 1.165) is 12.8 Å². The van der Waals surface area contributed by atoms with Crippen molar-refractivity contribution in [1.82, 2.24) is 4.90 Å². The molecule has 0 saturated heterocycles. The molecule has 0 heterocycles. The molecule has 0 aliphatic rings. The van der Waals surface area contributed by atoms with Gasteiger partial charge in [-0.1, -0.05) is 30.3 Å². The third-order valence-electron chi connectivity index (χ3n) is 3.63. The molecule has 0 aliphatic carbocycles. The lowest BCUT2D eigenvalue weighted by molar-refractivity contribution is 0.00838. The van der Waals surface area contributed by atoms with Crippen molar-refractivity contribution in [3.8, 4) is 0 Å². The van der Waals surface area contributed by atoms with Crippen LogP contribution in [0, 0.1) is 0 Å². The summed E-state index contributed by atoms with van der Waals surface area (Å²) in [6.45, 7) is 1.97. The predicted octanol–water partition coefficient (Wildman–Crippen LogP) is 0.0161. The SMILES string of the molecule is C[C@H](CCc1ccccc1)N(C[C@H](O)CO)C[C@H](O)CO. The molecule has 4 N–H and O–H groups in total. The average molecular weight is 297 g/mol. The van der Waals surface area contributed by atoms with Gasteiger partial charge in [0.15, 0.2) is 0 Å². The number of hydrogen-bond acceptors (Lipinski definition) is 5. The third kappa shape index (κ3) is 7.02. The second-order valence-corrected chi connectivity index (χ2v) is 5.50. The Morgan fingerprint density at radius 1 is 0.952 bits per heavy atom. The number of aliphatic hydroxyl groups is 4. The van der Waals surface area contributed by atoms with E-state index in [1.807, 2.05) is 30.0 Å². The summed E-state index contributed by atoms with van der Waals surface area (Å²) in [5.74, 6) is 0. The molecule has 0 spiro atoms. The van der Waals surface area contributed by atoms with Gasteiger partial charge >= 0.3 is 0 Å². The zero-order valence-electron chi connectivity index (χ0n) is 12.6. The summed E-state index contributed by atoms with van der Waals surface area (Å²) in [5, 5.41) is 37.2. The molecular formula is C16H27NO4. The minimum absolute atomic E-state index is 0.132. The molecule has 0 bridgehead atoms. The van der Waals surface area contributed by atoms with Crippen molar-refractivity contribution in [2.45, 2.75) is 38.0 Å². The van der Waals surface area contributed by atoms with E-state index in [9.17, 15) is 10.2 Å². The lowest BCUT2D eigenvalue weighted by Crippen LogP contribution is -2.45. The Bertz CT molecular complexity index is 362. The number of aliphatic hydroxyl groups excluding tert-OH is 4. The summed E-state index contributed by atoms with van der Waals surface area (Å²) in [6.07, 6.45) is 0.105. The summed E-state index contributed by atoms with van der Waals surface area (Å²) in [7, 11) is 0. The van der Waals surface area contributed by atoms with Gasteiger partial charge in [0.25, 0.3) is 0 Å². The smallest absolute Gasteiger partial charge is 0.0897 e. The number of aryl methyl sites for hydroxylation is 1. The van der Waals surface area contributed by atoms with E-state index in [1.54, 1.807) is 0 Å². The first-order valence-electron chi connectivity index (χ1n) is 7.42. The van der Waals surface area contributed by atoms with Crippen molar-refractivity contribution in [2.24, 2.45) is 0 Å². The van der Waals surface area contributed by atoms with Crippen molar-refractivity contribution in [3.63, 3.8) is 0 Å². The fourth-order valence-electron chi connectivity index (χ4n) is 2.29. The number of nitrogens with zero attached hydrogens (tertiary/aromatic N) is 1.